The maximum atomic E-state index is 12.4. The second kappa shape index (κ2) is 29.1. The Bertz CT molecular complexity index is 2080. The van der Waals surface area contributed by atoms with E-state index in [1.54, 1.807) is 0 Å². The molecule has 0 aliphatic carbocycles. The van der Waals surface area contributed by atoms with Gasteiger partial charge >= 0.3 is 21.7 Å². The number of anilines is 1. The van der Waals surface area contributed by atoms with Gasteiger partial charge in [0.25, 0.3) is 5.91 Å². The lowest BCUT2D eigenvalue weighted by Crippen LogP contribution is -2.36. The fourth-order valence-electron chi connectivity index (χ4n) is 6.94. The highest BCUT2D eigenvalue weighted by atomic mass is 32.2. The van der Waals surface area contributed by atoms with Gasteiger partial charge in [0.1, 0.15) is 36.3 Å². The summed E-state index contributed by atoms with van der Waals surface area (Å²) in [4.78, 5) is 72.1. The van der Waals surface area contributed by atoms with E-state index in [4.69, 9.17) is 34.3 Å². The number of phosphoric acid groups is 2. The molecule has 5 heterocycles. The van der Waals surface area contributed by atoms with Gasteiger partial charge < -0.3 is 85.7 Å². The summed E-state index contributed by atoms with van der Waals surface area (Å²) < 4.78 is 66.7. The van der Waals surface area contributed by atoms with Crippen molar-refractivity contribution in [2.45, 2.75) is 86.2 Å². The molecule has 4 amide bonds. The molecule has 12 N–H and O–H groups in total. The van der Waals surface area contributed by atoms with E-state index in [-0.39, 0.29) is 67.2 Å². The zero-order valence-corrected chi connectivity index (χ0v) is 40.5. The van der Waals surface area contributed by atoms with Crippen LogP contribution < -0.4 is 27.0 Å². The third-order valence-electron chi connectivity index (χ3n) is 10.5. The summed E-state index contributed by atoms with van der Waals surface area (Å²) in [5.74, 6) is 0.422. The van der Waals surface area contributed by atoms with E-state index in [9.17, 15) is 53.7 Å². The number of nitrogens with one attached hydrogen (secondary N) is 4. The molecule has 0 saturated carbocycles. The van der Waals surface area contributed by atoms with Gasteiger partial charge in [-0.05, 0) is 12.8 Å². The van der Waals surface area contributed by atoms with Crippen LogP contribution in [0, 0.1) is 0 Å². The first-order chi connectivity index (χ1) is 33.5. The van der Waals surface area contributed by atoms with Crippen LogP contribution in [0.15, 0.2) is 17.8 Å². The number of nitrogens with zero attached hydrogens (tertiary/aromatic N) is 5. The normalized spacial score (nSPS) is 24.7. The quantitative estimate of drug-likeness (QED) is 0.0111. The molecule has 3 fully saturated rings. The van der Waals surface area contributed by atoms with Gasteiger partial charge in [-0.1, -0.05) is 11.6 Å². The standard InChI is InChI=1S/C37H62N10O20P2S/c38-34-31-35(42-21-41-34)47(22-43-31)36-33(53)32(52)26(66-36)18-65-69(57,58)67-68(55,56)64-17-25(49)24(48)5-6-44-63-19-29(51)40-8-10-60-12-14-62-16-15-61-13-11-59-9-7-39-28(50)4-2-1-3-27-30-23(20-70-27)45-37(54)46-30/h6,21-27,30,32-33,36,48-49,52-53H,1-5,7-20H2,(H,39,50)(H,40,51)(H,55,56)(H,57,58)(H2,38,41,42)(H2,45,46,54)/b44-6+/t23-,24-,25+,26+,27-,30-,32+,33+,36?/m0/s1. The molecule has 0 aromatic carbocycles. The lowest BCUT2D eigenvalue weighted by Gasteiger charge is -2.21. The van der Waals surface area contributed by atoms with Crippen LogP contribution in [0.4, 0.5) is 10.6 Å². The predicted molar refractivity (Wildman–Crippen MR) is 243 cm³/mol. The van der Waals surface area contributed by atoms with Crippen LogP contribution in [0.1, 0.15) is 38.3 Å². The minimum absolute atomic E-state index is 0.0114. The number of aromatic nitrogens is 4. The van der Waals surface area contributed by atoms with Gasteiger partial charge in [-0.15, -0.1) is 0 Å². The minimum Gasteiger partial charge on any atom is -0.390 e. The number of rotatable bonds is 35. The largest absolute Gasteiger partial charge is 0.481 e. The molecule has 2 aromatic rings. The van der Waals surface area contributed by atoms with Crippen molar-refractivity contribution in [1.29, 1.82) is 0 Å². The third kappa shape index (κ3) is 19.0. The summed E-state index contributed by atoms with van der Waals surface area (Å²) in [7, 11) is -10.8. The Labute approximate surface area is 405 Å². The monoisotopic (exact) mass is 1060 g/mol. The Morgan fingerprint density at radius 2 is 1.57 bits per heavy atom. The lowest BCUT2D eigenvalue weighted by molar-refractivity contribution is -0.126. The average molecular weight is 1060 g/mol. The van der Waals surface area contributed by atoms with Crippen LogP contribution in [0.2, 0.25) is 0 Å². The highest BCUT2D eigenvalue weighted by Crippen LogP contribution is 2.60. The summed E-state index contributed by atoms with van der Waals surface area (Å²) in [6, 6.07) is 0.296. The number of carbonyl (C=O) groups is 3. The number of imidazole rings is 1. The number of unbranched alkanes of at least 4 members (excludes halogenated alkanes) is 1. The van der Waals surface area contributed by atoms with Crippen molar-refractivity contribution in [3.63, 3.8) is 0 Å². The molecule has 30 nitrogen and oxygen atoms in total. The Kier molecular flexibility index (Phi) is 23.8. The smallest absolute Gasteiger partial charge is 0.390 e. The molecular formula is C37H62N10O20P2S. The van der Waals surface area contributed by atoms with Crippen LogP contribution in [-0.4, -0.2) is 213 Å². The van der Waals surface area contributed by atoms with Crippen molar-refractivity contribution in [1.82, 2.24) is 40.8 Å². The average Bonchev–Trinajstić information content (AvgIpc) is 4.08. The number of phosphoric ester groups is 2. The maximum absolute atomic E-state index is 12.4. The van der Waals surface area contributed by atoms with Crippen LogP contribution in [-0.2, 0) is 60.6 Å². The van der Waals surface area contributed by atoms with Crippen molar-refractivity contribution >= 4 is 68.4 Å². The third-order valence-corrected chi connectivity index (χ3v) is 14.6. The summed E-state index contributed by atoms with van der Waals surface area (Å²) >= 11 is 1.87. The number of thioether (sulfide) groups is 1. The molecule has 3 aliphatic heterocycles. The number of urea groups is 1. The molecule has 70 heavy (non-hydrogen) atoms. The van der Waals surface area contributed by atoms with Gasteiger partial charge in [0.2, 0.25) is 5.91 Å². The molecule has 0 spiro atoms. The van der Waals surface area contributed by atoms with Gasteiger partial charge in [-0.25, -0.2) is 28.9 Å². The predicted octanol–water partition coefficient (Wildman–Crippen LogP) is -2.58. The molecule has 396 valence electrons. The lowest BCUT2D eigenvalue weighted by atomic mass is 10.0. The highest BCUT2D eigenvalue weighted by molar-refractivity contribution is 8.00. The SMILES string of the molecule is Nc1ncnc2c1ncn2C1O[C@H](COP(=O)(O)OP(=O)(O)OC[C@@H](O)[C@@H](O)C/C=N/OCC(=O)NCCOCCOCCOCCOCCNC(=O)CCCC[C@@H]2SC[C@@H]3NC(=O)N[C@@H]32)[C@@H](O)[C@H]1O. The molecule has 3 saturated heterocycles. The number of nitrogens with two attached hydrogens (primary N) is 1. The summed E-state index contributed by atoms with van der Waals surface area (Å²) in [5, 5.41) is 56.4. The number of aliphatic hydroxyl groups excluding tert-OH is 4. The molecular weight excluding hydrogens is 998 g/mol. The number of hydrogen-bond acceptors (Lipinski definition) is 24. The molecule has 3 aliphatic rings. The van der Waals surface area contributed by atoms with Gasteiger partial charge in [0, 0.05) is 43.1 Å². The number of aliphatic hydroxyl groups is 4. The van der Waals surface area contributed by atoms with Gasteiger partial charge in [-0.3, -0.25) is 23.2 Å². The summed E-state index contributed by atoms with van der Waals surface area (Å²) in [6.45, 7) is 0.713. The summed E-state index contributed by atoms with van der Waals surface area (Å²) in [6.07, 6.45) is -3.37. The molecule has 11 atom stereocenters. The highest BCUT2D eigenvalue weighted by Gasteiger charge is 2.47. The molecule has 3 unspecified atom stereocenters. The van der Waals surface area contributed by atoms with Crippen molar-refractivity contribution in [3.05, 3.63) is 12.7 Å². The zero-order chi connectivity index (χ0) is 50.5. The van der Waals surface area contributed by atoms with Crippen molar-refractivity contribution < 1.29 is 95.6 Å². The van der Waals surface area contributed by atoms with E-state index in [1.165, 1.54) is 10.9 Å². The second-order valence-corrected chi connectivity index (χ2v) is 20.0. The first kappa shape index (κ1) is 57.2. The number of fused-ring (bicyclic) bond motifs is 2. The van der Waals surface area contributed by atoms with E-state index in [2.05, 4.69) is 54.7 Å². The van der Waals surface area contributed by atoms with Gasteiger partial charge in [0.05, 0.1) is 90.6 Å². The first-order valence-electron chi connectivity index (χ1n) is 22.2. The van der Waals surface area contributed by atoms with Gasteiger partial charge in [-0.2, -0.15) is 16.1 Å². The zero-order valence-electron chi connectivity index (χ0n) is 37.9. The Hall–Kier alpha value is -3.72. The summed E-state index contributed by atoms with van der Waals surface area (Å²) in [5.41, 5.74) is 6.10. The molecule has 5 rings (SSSR count). The fourth-order valence-corrected chi connectivity index (χ4v) is 10.6. The molecule has 2 aromatic heterocycles. The Morgan fingerprint density at radius 3 is 2.27 bits per heavy atom. The fraction of sp³-hybridized carbons (Fsp3) is 0.757. The molecule has 33 heteroatoms. The van der Waals surface area contributed by atoms with Crippen LogP contribution in [0.3, 0.4) is 0 Å². The van der Waals surface area contributed by atoms with Crippen LogP contribution in [0.5, 0.6) is 0 Å². The number of oxime groups is 1. The first-order valence-corrected chi connectivity index (χ1v) is 26.2. The minimum atomic E-state index is -5.40. The number of carbonyl (C=O) groups excluding carboxylic acids is 3. The van der Waals surface area contributed by atoms with E-state index < -0.39 is 78.1 Å². The number of amides is 4. The van der Waals surface area contributed by atoms with Gasteiger partial charge in [0.15, 0.2) is 24.3 Å². The van der Waals surface area contributed by atoms with E-state index in [0.29, 0.717) is 57.9 Å². The van der Waals surface area contributed by atoms with Crippen LogP contribution in [0.25, 0.3) is 11.2 Å². The number of ether oxygens (including phenoxy) is 5. The number of nitrogen functional groups attached to an aromatic ring is 1. The van der Waals surface area contributed by atoms with Crippen molar-refractivity contribution in [3.8, 4) is 0 Å². The maximum Gasteiger partial charge on any atom is 0.481 e. The molecule has 0 radical (unpaired) electrons. The van der Waals surface area contributed by atoms with E-state index in [1.807, 2.05) is 11.8 Å². The topological polar surface area (TPSA) is 420 Å². The van der Waals surface area contributed by atoms with Crippen LogP contribution >= 0.6 is 27.4 Å². The Balaban J connectivity index is 0.779. The Morgan fingerprint density at radius 1 is 0.914 bits per heavy atom. The number of hydrogen-bond donors (Lipinski definition) is 11. The second-order valence-electron chi connectivity index (χ2n) is 15.7. The van der Waals surface area contributed by atoms with E-state index >= 15 is 0 Å². The van der Waals surface area contributed by atoms with Crippen molar-refractivity contribution in [2.24, 2.45) is 5.16 Å². The molecule has 0 bridgehead atoms. The van der Waals surface area contributed by atoms with Crippen molar-refractivity contribution in [2.75, 3.05) is 97.3 Å². The van der Waals surface area contributed by atoms with E-state index in [0.717, 1.165) is 37.6 Å².